The van der Waals surface area contributed by atoms with Crippen LogP contribution in [0.15, 0.2) is 36.4 Å². The molecule has 0 radical (unpaired) electrons. The zero-order chi connectivity index (χ0) is 20.7. The molecule has 0 aliphatic rings. The Morgan fingerprint density at radius 3 is 2.43 bits per heavy atom. The van der Waals surface area contributed by atoms with Crippen molar-refractivity contribution in [1.29, 1.82) is 0 Å². The van der Waals surface area contributed by atoms with Crippen LogP contribution in [0.5, 0.6) is 11.5 Å². The van der Waals surface area contributed by atoms with E-state index < -0.39 is 12.6 Å². The summed E-state index contributed by atoms with van der Waals surface area (Å²) >= 11 is 0. The fraction of sp³-hybridized carbons (Fsp3) is 0.381. The second-order valence-corrected chi connectivity index (χ2v) is 6.48. The maximum Gasteiger partial charge on any atom is 0.387 e. The monoisotopic (exact) mass is 393 g/mol. The maximum absolute atomic E-state index is 12.4. The molecule has 1 atom stereocenters. The molecule has 2 aromatic rings. The molecule has 0 amide bonds. The fourth-order valence-corrected chi connectivity index (χ4v) is 2.91. The van der Waals surface area contributed by atoms with E-state index in [0.717, 1.165) is 22.3 Å². The van der Waals surface area contributed by atoms with Gasteiger partial charge in [0.1, 0.15) is 11.5 Å². The van der Waals surface area contributed by atoms with E-state index in [4.69, 9.17) is 4.74 Å². The van der Waals surface area contributed by atoms with Crippen molar-refractivity contribution in [3.05, 3.63) is 58.7 Å². The van der Waals surface area contributed by atoms with Crippen LogP contribution in [0.3, 0.4) is 0 Å². The van der Waals surface area contributed by atoms with E-state index >= 15 is 0 Å². The van der Waals surface area contributed by atoms with Crippen LogP contribution in [0.1, 0.15) is 35.2 Å². The van der Waals surface area contributed by atoms with Gasteiger partial charge in [0.05, 0.1) is 7.11 Å². The molecule has 0 aromatic heterocycles. The molecule has 1 N–H and O–H groups in total. The Bertz CT molecular complexity index is 788. The first-order chi connectivity index (χ1) is 13.3. The Labute approximate surface area is 163 Å². The largest absolute Gasteiger partial charge is 0.481 e. The van der Waals surface area contributed by atoms with Gasteiger partial charge in [-0.3, -0.25) is 0 Å². The Morgan fingerprint density at radius 2 is 1.82 bits per heavy atom. The number of esters is 1. The van der Waals surface area contributed by atoms with Gasteiger partial charge in [0.15, 0.2) is 6.61 Å². The van der Waals surface area contributed by atoms with Crippen molar-refractivity contribution in [3.8, 4) is 11.5 Å². The normalized spacial score (nSPS) is 12.0. The van der Waals surface area contributed by atoms with Gasteiger partial charge in [-0.15, -0.1) is 0 Å². The van der Waals surface area contributed by atoms with Crippen LogP contribution in [0.25, 0.3) is 0 Å². The molecule has 1 unspecified atom stereocenters. The van der Waals surface area contributed by atoms with Crippen LogP contribution in [-0.4, -0.2) is 26.3 Å². The zero-order valence-corrected chi connectivity index (χ0v) is 16.4. The molecule has 0 fully saturated rings. The SMILES string of the molecule is COC(=O)COc1c(C)cc(CNC(C)c2cccc(OC(F)F)c2)cc1C. The molecule has 0 saturated carbocycles. The number of hydrogen-bond donors (Lipinski definition) is 1. The molecule has 0 heterocycles. The Morgan fingerprint density at radius 1 is 1.14 bits per heavy atom. The predicted octanol–water partition coefficient (Wildman–Crippen LogP) is 4.31. The maximum atomic E-state index is 12.4. The van der Waals surface area contributed by atoms with Crippen molar-refractivity contribution < 1.29 is 27.8 Å². The second kappa shape index (κ2) is 10.0. The van der Waals surface area contributed by atoms with Gasteiger partial charge in [-0.25, -0.2) is 4.79 Å². The van der Waals surface area contributed by atoms with Gasteiger partial charge in [-0.05, 0) is 55.2 Å². The van der Waals surface area contributed by atoms with Gasteiger partial charge in [0.2, 0.25) is 0 Å². The molecule has 2 rings (SSSR count). The van der Waals surface area contributed by atoms with Gasteiger partial charge in [-0.1, -0.05) is 24.3 Å². The van der Waals surface area contributed by atoms with Gasteiger partial charge in [-0.2, -0.15) is 8.78 Å². The van der Waals surface area contributed by atoms with Crippen LogP contribution in [0, 0.1) is 13.8 Å². The Hall–Kier alpha value is -2.67. The van der Waals surface area contributed by atoms with E-state index in [9.17, 15) is 13.6 Å². The summed E-state index contributed by atoms with van der Waals surface area (Å²) in [7, 11) is 1.32. The van der Waals surface area contributed by atoms with Crippen LogP contribution in [-0.2, 0) is 16.1 Å². The highest BCUT2D eigenvalue weighted by Crippen LogP contribution is 2.26. The second-order valence-electron chi connectivity index (χ2n) is 6.48. The summed E-state index contributed by atoms with van der Waals surface area (Å²) in [5.74, 6) is 0.371. The van der Waals surface area contributed by atoms with Crippen LogP contribution in [0.4, 0.5) is 8.78 Å². The standard InChI is InChI=1S/C21H25F2NO4/c1-13-8-16(9-14(2)20(13)27-12-19(25)26-4)11-24-15(3)17-6-5-7-18(10-17)28-21(22)23/h5-10,15,21,24H,11-12H2,1-4H3. The minimum Gasteiger partial charge on any atom is -0.481 e. The van der Waals surface area contributed by atoms with Crippen molar-refractivity contribution in [1.82, 2.24) is 5.32 Å². The van der Waals surface area contributed by atoms with E-state index in [1.807, 2.05) is 39.0 Å². The molecule has 7 heteroatoms. The van der Waals surface area contributed by atoms with E-state index in [-0.39, 0.29) is 18.4 Å². The predicted molar refractivity (Wildman–Crippen MR) is 102 cm³/mol. The highest BCUT2D eigenvalue weighted by Gasteiger charge is 2.12. The molecule has 0 bridgehead atoms. The van der Waals surface area contributed by atoms with Crippen molar-refractivity contribution in [3.63, 3.8) is 0 Å². The van der Waals surface area contributed by atoms with Crippen LogP contribution >= 0.6 is 0 Å². The highest BCUT2D eigenvalue weighted by atomic mass is 19.3. The lowest BCUT2D eigenvalue weighted by Gasteiger charge is -2.17. The number of hydrogen-bond acceptors (Lipinski definition) is 5. The molecule has 0 saturated heterocycles. The van der Waals surface area contributed by atoms with Gasteiger partial charge in [0, 0.05) is 12.6 Å². The lowest BCUT2D eigenvalue weighted by Crippen LogP contribution is -2.18. The fourth-order valence-electron chi connectivity index (χ4n) is 2.91. The van der Waals surface area contributed by atoms with Gasteiger partial charge < -0.3 is 19.5 Å². The first-order valence-corrected chi connectivity index (χ1v) is 8.88. The van der Waals surface area contributed by atoms with Crippen LogP contribution < -0.4 is 14.8 Å². The third kappa shape index (κ3) is 6.20. The Balaban J connectivity index is 2.01. The number of nitrogens with one attached hydrogen (secondary N) is 1. The van der Waals surface area contributed by atoms with Crippen molar-refractivity contribution in [2.75, 3.05) is 13.7 Å². The van der Waals surface area contributed by atoms with E-state index in [2.05, 4.69) is 14.8 Å². The number of benzene rings is 2. The molecular formula is C21H25F2NO4. The smallest absolute Gasteiger partial charge is 0.387 e. The number of ether oxygens (including phenoxy) is 3. The molecule has 152 valence electrons. The molecule has 28 heavy (non-hydrogen) atoms. The first-order valence-electron chi connectivity index (χ1n) is 8.88. The zero-order valence-electron chi connectivity index (χ0n) is 16.4. The van der Waals surface area contributed by atoms with E-state index in [1.54, 1.807) is 12.1 Å². The number of aryl methyl sites for hydroxylation is 2. The quantitative estimate of drug-likeness (QED) is 0.644. The Kier molecular flexibility index (Phi) is 7.75. The van der Waals surface area contributed by atoms with Crippen molar-refractivity contribution >= 4 is 5.97 Å². The first kappa shape index (κ1) is 21.6. The topological polar surface area (TPSA) is 56.8 Å². The van der Waals surface area contributed by atoms with Gasteiger partial charge >= 0.3 is 12.6 Å². The van der Waals surface area contributed by atoms with Crippen molar-refractivity contribution in [2.24, 2.45) is 0 Å². The summed E-state index contributed by atoms with van der Waals surface area (Å²) in [6.45, 7) is 3.39. The molecule has 0 aliphatic carbocycles. The minimum absolute atomic E-state index is 0.0583. The summed E-state index contributed by atoms with van der Waals surface area (Å²) < 4.78 is 39.3. The lowest BCUT2D eigenvalue weighted by molar-refractivity contribution is -0.142. The third-order valence-corrected chi connectivity index (χ3v) is 4.28. The summed E-state index contributed by atoms with van der Waals surface area (Å²) in [5.41, 5.74) is 3.73. The summed E-state index contributed by atoms with van der Waals surface area (Å²) in [5, 5.41) is 3.37. The number of carbonyl (C=O) groups is 1. The summed E-state index contributed by atoms with van der Waals surface area (Å²) in [4.78, 5) is 11.3. The number of rotatable bonds is 9. The average Bonchev–Trinajstić information content (AvgIpc) is 2.64. The van der Waals surface area contributed by atoms with Gasteiger partial charge in [0.25, 0.3) is 0 Å². The third-order valence-electron chi connectivity index (χ3n) is 4.28. The summed E-state index contributed by atoms with van der Waals surface area (Å²) in [6.07, 6.45) is 0. The average molecular weight is 393 g/mol. The number of methoxy groups -OCH3 is 1. The molecule has 2 aromatic carbocycles. The number of alkyl halides is 2. The molecular weight excluding hydrogens is 368 g/mol. The summed E-state index contributed by atoms with van der Waals surface area (Å²) in [6, 6.07) is 10.6. The number of carbonyl (C=O) groups excluding carboxylic acids is 1. The van der Waals surface area contributed by atoms with Crippen LogP contribution in [0.2, 0.25) is 0 Å². The molecule has 0 spiro atoms. The van der Waals surface area contributed by atoms with E-state index in [1.165, 1.54) is 13.2 Å². The molecule has 5 nitrogen and oxygen atoms in total. The lowest BCUT2D eigenvalue weighted by atomic mass is 10.0. The minimum atomic E-state index is -2.84. The molecule has 0 aliphatic heterocycles. The van der Waals surface area contributed by atoms with E-state index in [0.29, 0.717) is 12.3 Å². The van der Waals surface area contributed by atoms with Crippen molar-refractivity contribution in [2.45, 2.75) is 40.0 Å². The highest BCUT2D eigenvalue weighted by molar-refractivity contribution is 5.71. The number of halogens is 2.